The van der Waals surface area contributed by atoms with Gasteiger partial charge in [0, 0.05) is 5.70 Å². The van der Waals surface area contributed by atoms with Gasteiger partial charge in [-0.2, -0.15) is 4.98 Å². The van der Waals surface area contributed by atoms with Crippen LogP contribution in [0, 0.1) is 0 Å². The lowest BCUT2D eigenvalue weighted by atomic mass is 10.00. The molecule has 39 heavy (non-hydrogen) atoms. The van der Waals surface area contributed by atoms with Crippen molar-refractivity contribution in [1.29, 1.82) is 0 Å². The van der Waals surface area contributed by atoms with Gasteiger partial charge in [-0.25, -0.2) is 0 Å². The number of amides is 2. The zero-order chi connectivity index (χ0) is 27.9. The predicted molar refractivity (Wildman–Crippen MR) is 143 cm³/mol. The van der Waals surface area contributed by atoms with Crippen LogP contribution in [0.5, 0.6) is 11.5 Å². The number of carboxylic acid groups (broad SMARTS) is 1. The van der Waals surface area contributed by atoms with E-state index in [1.165, 1.54) is 0 Å². The maximum absolute atomic E-state index is 12.8. The predicted octanol–water partition coefficient (Wildman–Crippen LogP) is 3.78. The molecule has 0 radical (unpaired) electrons. The molecule has 0 aliphatic carbocycles. The van der Waals surface area contributed by atoms with Crippen LogP contribution >= 0.6 is 0 Å². The Morgan fingerprint density at radius 2 is 1.87 bits per heavy atom. The van der Waals surface area contributed by atoms with Crippen molar-refractivity contribution in [3.63, 3.8) is 0 Å². The highest BCUT2D eigenvalue weighted by Gasteiger charge is 2.23. The molecule has 0 fully saturated rings. The Balaban J connectivity index is 1.37. The van der Waals surface area contributed by atoms with Crippen LogP contribution in [0.1, 0.15) is 36.4 Å². The molecule has 0 saturated carbocycles. The van der Waals surface area contributed by atoms with Crippen LogP contribution in [-0.4, -0.2) is 41.2 Å². The number of rotatable bonds is 12. The Kier molecular flexibility index (Phi) is 8.30. The van der Waals surface area contributed by atoms with Crippen LogP contribution in [0.15, 0.2) is 77.9 Å². The van der Waals surface area contributed by atoms with Crippen molar-refractivity contribution in [1.82, 2.24) is 15.6 Å². The minimum atomic E-state index is -1.09. The standard InChI is InChI=1S/C28H28N4O7/c1-4-6-19(5-2)30-28-32-20-9-7-17(11-23(20)39-28)16(3)27(36)29-14-25(33)31-21(13-26(34)35)18-8-10-22-24(12-18)38-15-37-22/h4-12,16,21H,1-2,13-15H2,3H3,(H,29,36)(H,30,32)(H,31,33)(H,34,35)/b19-6+. The lowest BCUT2D eigenvalue weighted by molar-refractivity contribution is -0.138. The molecule has 3 aromatic rings. The molecule has 2 heterocycles. The van der Waals surface area contributed by atoms with Crippen LogP contribution in [-0.2, 0) is 14.4 Å². The minimum Gasteiger partial charge on any atom is -0.481 e. The first-order chi connectivity index (χ1) is 18.8. The minimum absolute atomic E-state index is 0.0731. The van der Waals surface area contributed by atoms with Gasteiger partial charge < -0.3 is 34.9 Å². The molecule has 0 bridgehead atoms. The third kappa shape index (κ3) is 6.63. The van der Waals surface area contributed by atoms with Crippen molar-refractivity contribution in [3.05, 3.63) is 84.6 Å². The second kappa shape index (κ2) is 12.0. The summed E-state index contributed by atoms with van der Waals surface area (Å²) in [5.41, 5.74) is 2.95. The number of allylic oxidation sites excluding steroid dienone is 3. The third-order valence-electron chi connectivity index (χ3n) is 6.01. The molecule has 0 saturated heterocycles. The number of aromatic nitrogens is 1. The Labute approximate surface area is 224 Å². The first kappa shape index (κ1) is 27.0. The Morgan fingerprint density at radius 1 is 1.10 bits per heavy atom. The van der Waals surface area contributed by atoms with E-state index in [1.54, 1.807) is 61.5 Å². The number of hydrogen-bond acceptors (Lipinski definition) is 8. The molecule has 1 aliphatic heterocycles. The van der Waals surface area contributed by atoms with Gasteiger partial charge in [-0.1, -0.05) is 31.4 Å². The van der Waals surface area contributed by atoms with E-state index in [0.29, 0.717) is 39.4 Å². The number of hydrogen-bond donors (Lipinski definition) is 4. The van der Waals surface area contributed by atoms with Gasteiger partial charge in [0.25, 0.3) is 6.01 Å². The molecule has 2 aromatic carbocycles. The van der Waals surface area contributed by atoms with Crippen LogP contribution < -0.4 is 25.4 Å². The fourth-order valence-electron chi connectivity index (χ4n) is 3.95. The molecule has 11 nitrogen and oxygen atoms in total. The van der Waals surface area contributed by atoms with E-state index in [0.717, 1.165) is 0 Å². The fourth-order valence-corrected chi connectivity index (χ4v) is 3.95. The second-order valence-electron chi connectivity index (χ2n) is 8.70. The van der Waals surface area contributed by atoms with E-state index in [1.807, 2.05) is 0 Å². The summed E-state index contributed by atoms with van der Waals surface area (Å²) in [5.74, 6) is -1.59. The number of carboxylic acids is 1. The van der Waals surface area contributed by atoms with Gasteiger partial charge in [-0.15, -0.1) is 0 Å². The summed E-state index contributed by atoms with van der Waals surface area (Å²) in [6.45, 7) is 8.80. The fraction of sp³-hybridized carbons (Fsp3) is 0.214. The summed E-state index contributed by atoms with van der Waals surface area (Å²) < 4.78 is 16.4. The number of anilines is 1. The van der Waals surface area contributed by atoms with Crippen molar-refractivity contribution < 1.29 is 33.4 Å². The van der Waals surface area contributed by atoms with Crippen LogP contribution in [0.25, 0.3) is 11.1 Å². The number of ether oxygens (including phenoxy) is 2. The zero-order valence-corrected chi connectivity index (χ0v) is 21.2. The molecule has 0 spiro atoms. The molecule has 2 atom stereocenters. The van der Waals surface area contributed by atoms with Crippen LogP contribution in [0.3, 0.4) is 0 Å². The molecule has 2 unspecified atom stereocenters. The SMILES string of the molecule is C=C/C=C(\C=C)Nc1nc2ccc(C(C)C(=O)NCC(=O)NC(CC(=O)O)c3ccc4c(c3)OCO4)cc2o1. The number of aliphatic carboxylic acids is 1. The topological polar surface area (TPSA) is 152 Å². The van der Waals surface area contributed by atoms with Gasteiger partial charge in [0.15, 0.2) is 17.1 Å². The lowest BCUT2D eigenvalue weighted by Crippen LogP contribution is -2.40. The molecule has 4 N–H and O–H groups in total. The van der Waals surface area contributed by atoms with Crippen molar-refractivity contribution in [2.75, 3.05) is 18.7 Å². The summed E-state index contributed by atoms with van der Waals surface area (Å²) in [7, 11) is 0. The number of carbonyl (C=O) groups is 3. The molecular weight excluding hydrogens is 504 g/mol. The van der Waals surface area contributed by atoms with Gasteiger partial charge in [0.05, 0.1) is 24.9 Å². The molecule has 1 aromatic heterocycles. The smallest absolute Gasteiger partial charge is 0.305 e. The largest absolute Gasteiger partial charge is 0.481 e. The first-order valence-electron chi connectivity index (χ1n) is 12.1. The number of benzene rings is 2. The lowest BCUT2D eigenvalue weighted by Gasteiger charge is -2.19. The van der Waals surface area contributed by atoms with Crippen molar-refractivity contribution in [2.24, 2.45) is 0 Å². The number of carbonyl (C=O) groups excluding carboxylic acids is 2. The summed E-state index contributed by atoms with van der Waals surface area (Å²) in [4.78, 5) is 41.2. The number of oxazole rings is 1. The van der Waals surface area contributed by atoms with E-state index < -0.39 is 23.8 Å². The summed E-state index contributed by atoms with van der Waals surface area (Å²) in [5, 5.41) is 17.6. The molecule has 4 rings (SSSR count). The third-order valence-corrected chi connectivity index (χ3v) is 6.01. The molecule has 1 aliphatic rings. The summed E-state index contributed by atoms with van der Waals surface area (Å²) in [6.07, 6.45) is 4.58. The van der Waals surface area contributed by atoms with Gasteiger partial charge in [0.1, 0.15) is 5.52 Å². The second-order valence-corrected chi connectivity index (χ2v) is 8.70. The Morgan fingerprint density at radius 3 is 2.62 bits per heavy atom. The quantitative estimate of drug-likeness (QED) is 0.255. The molecule has 11 heteroatoms. The van der Waals surface area contributed by atoms with Gasteiger partial charge in [-0.05, 0) is 54.5 Å². The van der Waals surface area contributed by atoms with Gasteiger partial charge in [-0.3, -0.25) is 14.4 Å². The van der Waals surface area contributed by atoms with E-state index in [-0.39, 0.29) is 31.7 Å². The van der Waals surface area contributed by atoms with Crippen molar-refractivity contribution in [3.8, 4) is 11.5 Å². The van der Waals surface area contributed by atoms with Crippen molar-refractivity contribution in [2.45, 2.75) is 25.3 Å². The van der Waals surface area contributed by atoms with E-state index in [4.69, 9.17) is 13.9 Å². The van der Waals surface area contributed by atoms with Crippen molar-refractivity contribution >= 4 is 34.9 Å². The monoisotopic (exact) mass is 532 g/mol. The number of nitrogens with zero attached hydrogens (tertiary/aromatic N) is 1. The Hall–Kier alpha value is -5.06. The zero-order valence-electron chi connectivity index (χ0n) is 21.2. The summed E-state index contributed by atoms with van der Waals surface area (Å²) >= 11 is 0. The maximum atomic E-state index is 12.8. The van der Waals surface area contributed by atoms with Crippen LogP contribution in [0.4, 0.5) is 6.01 Å². The average molecular weight is 533 g/mol. The molecule has 2 amide bonds. The number of nitrogens with one attached hydrogen (secondary N) is 3. The molecule has 202 valence electrons. The summed E-state index contributed by atoms with van der Waals surface area (Å²) in [6, 6.07) is 9.61. The average Bonchev–Trinajstić information content (AvgIpc) is 3.55. The maximum Gasteiger partial charge on any atom is 0.305 e. The normalized spacial score (nSPS) is 13.8. The van der Waals surface area contributed by atoms with E-state index in [9.17, 15) is 19.5 Å². The highest BCUT2D eigenvalue weighted by molar-refractivity contribution is 5.89. The highest BCUT2D eigenvalue weighted by Crippen LogP contribution is 2.35. The van der Waals surface area contributed by atoms with E-state index >= 15 is 0 Å². The number of fused-ring (bicyclic) bond motifs is 2. The first-order valence-corrected chi connectivity index (χ1v) is 12.1. The Bertz CT molecular complexity index is 1460. The van der Waals surface area contributed by atoms with Crippen LogP contribution in [0.2, 0.25) is 0 Å². The van der Waals surface area contributed by atoms with E-state index in [2.05, 4.69) is 34.1 Å². The highest BCUT2D eigenvalue weighted by atomic mass is 16.7. The van der Waals surface area contributed by atoms with Gasteiger partial charge >= 0.3 is 5.97 Å². The molecular formula is C28H28N4O7. The van der Waals surface area contributed by atoms with Gasteiger partial charge in [0.2, 0.25) is 18.6 Å².